The highest BCUT2D eigenvalue weighted by atomic mass is 32.2. The van der Waals surface area contributed by atoms with Gasteiger partial charge in [0.1, 0.15) is 6.04 Å². The van der Waals surface area contributed by atoms with E-state index in [0.29, 0.717) is 29.8 Å². The normalized spacial score (nSPS) is 19.5. The molecule has 7 heterocycles. The Balaban J connectivity index is 0.697. The Hall–Kier alpha value is -7.10. The minimum absolute atomic E-state index is 0.0726. The maximum Gasteiger partial charge on any atom is 0.262 e. The maximum atomic E-state index is 14.2. The fraction of sp³-hybridized carbons (Fsp3) is 0.367. The number of rotatable bonds is 13. The number of aromatic nitrogens is 3. The minimum atomic E-state index is -3.54. The first-order valence-electron chi connectivity index (χ1n) is 23.3. The lowest BCUT2D eigenvalue weighted by Gasteiger charge is -2.40. The summed E-state index contributed by atoms with van der Waals surface area (Å²) in [7, 11) is -3.54. The Kier molecular flexibility index (Phi) is 12.4. The fourth-order valence-corrected chi connectivity index (χ4v) is 11.2. The zero-order chi connectivity index (χ0) is 48.9. The standard InChI is InChI=1S/C49H50N10O9S2/c1-70(67,68)58-18-12-34(28-58)43(62)51-26-42(61)54-48-52-38(29-69-48)33-4-2-3-31(23-33)32-9-15-50-40(24-32)49(13-14-49)47(66)57-21-19-55(20-22-57)27-30-10-16-56(17-11-30)35-5-6-36-37(25-35)46(65)59(45(36)64)39-7-8-41(60)53-44(39)63/h2-6,9,12,15,18,23-25,28-30,39H,7-8,10-11,13-14,16-17,19-22,26-27H2,1H3,(H,51,62)(H,52,54,61)(H,53,60,63). The Labute approximate surface area is 407 Å². The van der Waals surface area contributed by atoms with Crippen LogP contribution in [0.2, 0.25) is 0 Å². The van der Waals surface area contributed by atoms with Crippen molar-refractivity contribution in [2.45, 2.75) is 50.0 Å². The van der Waals surface area contributed by atoms with Crippen molar-refractivity contribution in [1.29, 1.82) is 0 Å². The van der Waals surface area contributed by atoms with Gasteiger partial charge in [0, 0.05) is 87.5 Å². The van der Waals surface area contributed by atoms with E-state index >= 15 is 0 Å². The van der Waals surface area contributed by atoms with Gasteiger partial charge >= 0.3 is 0 Å². The van der Waals surface area contributed by atoms with E-state index in [0.717, 1.165) is 102 Å². The number of hydrogen-bond donors (Lipinski definition) is 3. The van der Waals surface area contributed by atoms with Crippen LogP contribution in [0.25, 0.3) is 22.4 Å². The largest absolute Gasteiger partial charge is 0.371 e. The van der Waals surface area contributed by atoms with E-state index in [9.17, 15) is 42.0 Å². The second kappa shape index (κ2) is 18.7. The van der Waals surface area contributed by atoms with Crippen LogP contribution in [-0.4, -0.2) is 143 Å². The molecule has 10 rings (SSSR count). The van der Waals surface area contributed by atoms with Gasteiger partial charge in [-0.2, -0.15) is 0 Å². The molecule has 0 spiro atoms. The number of hydrogen-bond acceptors (Lipinski definition) is 14. The highest BCUT2D eigenvalue weighted by molar-refractivity contribution is 7.89. The number of thiazole rings is 1. The zero-order valence-corrected chi connectivity index (χ0v) is 39.9. The Morgan fingerprint density at radius 2 is 1.60 bits per heavy atom. The van der Waals surface area contributed by atoms with Crippen molar-refractivity contribution >= 4 is 73.5 Å². The number of carbonyl (C=O) groups excluding carboxylic acids is 7. The molecule has 3 saturated heterocycles. The summed E-state index contributed by atoms with van der Waals surface area (Å²) in [5, 5.41) is 9.61. The molecular formula is C49H50N10O9S2. The molecule has 4 fully saturated rings. The first kappa shape index (κ1) is 46.6. The van der Waals surface area contributed by atoms with Gasteiger partial charge in [0.2, 0.25) is 33.7 Å². The predicted molar refractivity (Wildman–Crippen MR) is 258 cm³/mol. The number of fused-ring (bicyclic) bond motifs is 1. The zero-order valence-electron chi connectivity index (χ0n) is 38.3. The van der Waals surface area contributed by atoms with Crippen molar-refractivity contribution in [3.8, 4) is 22.4 Å². The first-order chi connectivity index (χ1) is 33.6. The molecule has 3 N–H and O–H groups in total. The second-order valence-electron chi connectivity index (χ2n) is 18.6. The summed E-state index contributed by atoms with van der Waals surface area (Å²) in [5.41, 5.74) is 4.96. The minimum Gasteiger partial charge on any atom is -0.371 e. The Morgan fingerprint density at radius 1 is 0.857 bits per heavy atom. The maximum absolute atomic E-state index is 14.2. The van der Waals surface area contributed by atoms with E-state index in [1.807, 2.05) is 52.7 Å². The van der Waals surface area contributed by atoms with Crippen molar-refractivity contribution in [2.24, 2.45) is 5.92 Å². The van der Waals surface area contributed by atoms with E-state index in [1.54, 1.807) is 18.3 Å². The highest BCUT2D eigenvalue weighted by Crippen LogP contribution is 2.49. The van der Waals surface area contributed by atoms with Crippen molar-refractivity contribution in [3.05, 3.63) is 107 Å². The Bertz CT molecular complexity index is 3080. The summed E-state index contributed by atoms with van der Waals surface area (Å²) in [4.78, 5) is 107. The van der Waals surface area contributed by atoms with E-state index in [-0.39, 0.29) is 42.0 Å². The smallest absolute Gasteiger partial charge is 0.262 e. The van der Waals surface area contributed by atoms with E-state index in [4.69, 9.17) is 4.98 Å². The number of benzene rings is 2. The molecule has 0 radical (unpaired) electrons. The van der Waals surface area contributed by atoms with Crippen LogP contribution in [-0.2, 0) is 34.6 Å². The molecule has 362 valence electrons. The average Bonchev–Trinajstić information content (AvgIpc) is 3.63. The van der Waals surface area contributed by atoms with Gasteiger partial charge in [-0.25, -0.2) is 13.4 Å². The van der Waals surface area contributed by atoms with Crippen molar-refractivity contribution < 1.29 is 42.0 Å². The molecule has 1 saturated carbocycles. The van der Waals surface area contributed by atoms with Gasteiger partial charge in [-0.3, -0.25) is 57.6 Å². The third-order valence-corrected chi connectivity index (χ3v) is 15.7. The number of nitrogens with one attached hydrogen (secondary N) is 3. The van der Waals surface area contributed by atoms with Crippen molar-refractivity contribution in [2.75, 3.05) is 68.8 Å². The van der Waals surface area contributed by atoms with Gasteiger partial charge in [0.15, 0.2) is 5.13 Å². The predicted octanol–water partition coefficient (Wildman–Crippen LogP) is 3.34. The monoisotopic (exact) mass is 986 g/mol. The van der Waals surface area contributed by atoms with Gasteiger partial charge in [-0.15, -0.1) is 11.3 Å². The first-order valence-corrected chi connectivity index (χ1v) is 26.0. The molecule has 3 aromatic heterocycles. The molecule has 1 unspecified atom stereocenters. The summed E-state index contributed by atoms with van der Waals surface area (Å²) < 4.78 is 24.4. The van der Waals surface area contributed by atoms with Crippen LogP contribution in [0.5, 0.6) is 0 Å². The third kappa shape index (κ3) is 9.35. The van der Waals surface area contributed by atoms with Crippen LogP contribution in [0.1, 0.15) is 75.3 Å². The molecule has 1 aliphatic carbocycles. The summed E-state index contributed by atoms with van der Waals surface area (Å²) >= 11 is 1.24. The van der Waals surface area contributed by atoms with Crippen LogP contribution in [0, 0.1) is 5.92 Å². The number of nitrogens with zero attached hydrogens (tertiary/aromatic N) is 7. The summed E-state index contributed by atoms with van der Waals surface area (Å²) in [6.07, 6.45) is 8.80. The lowest BCUT2D eigenvalue weighted by Crippen LogP contribution is -2.54. The Morgan fingerprint density at radius 3 is 2.33 bits per heavy atom. The van der Waals surface area contributed by atoms with Crippen LogP contribution in [0.4, 0.5) is 10.8 Å². The molecule has 1 atom stereocenters. The average molecular weight is 987 g/mol. The summed E-state index contributed by atoms with van der Waals surface area (Å²) in [6, 6.07) is 17.4. The molecule has 4 aliphatic heterocycles. The van der Waals surface area contributed by atoms with Gasteiger partial charge in [0.25, 0.3) is 17.7 Å². The molecule has 19 nitrogen and oxygen atoms in total. The lowest BCUT2D eigenvalue weighted by molar-refractivity contribution is -0.137. The van der Waals surface area contributed by atoms with Gasteiger partial charge in [0.05, 0.1) is 46.3 Å². The summed E-state index contributed by atoms with van der Waals surface area (Å²) in [5.74, 6) is -2.53. The number of carbonyl (C=O) groups is 7. The quantitative estimate of drug-likeness (QED) is 0.144. The van der Waals surface area contributed by atoms with Crippen molar-refractivity contribution in [1.82, 2.24) is 39.3 Å². The fourth-order valence-electron chi connectivity index (χ4n) is 9.87. The van der Waals surface area contributed by atoms with Crippen LogP contribution in [0.15, 0.2) is 84.6 Å². The number of pyridine rings is 1. The number of piperazine rings is 1. The third-order valence-electron chi connectivity index (χ3n) is 14.0. The number of piperidine rings is 2. The molecule has 5 aromatic rings. The van der Waals surface area contributed by atoms with E-state index < -0.39 is 56.9 Å². The highest BCUT2D eigenvalue weighted by Gasteiger charge is 2.54. The van der Waals surface area contributed by atoms with Gasteiger partial charge in [-0.05, 0) is 91.6 Å². The number of anilines is 2. The molecule has 2 aromatic carbocycles. The number of imide groups is 2. The molecule has 70 heavy (non-hydrogen) atoms. The van der Waals surface area contributed by atoms with E-state index in [1.165, 1.54) is 29.8 Å². The van der Waals surface area contributed by atoms with Gasteiger partial charge in [-0.1, -0.05) is 18.2 Å². The topological polar surface area (TPSA) is 233 Å². The molecule has 21 heteroatoms. The molecule has 0 bridgehead atoms. The molecule has 5 aliphatic rings. The summed E-state index contributed by atoms with van der Waals surface area (Å²) in [6.45, 7) is 5.06. The van der Waals surface area contributed by atoms with Crippen LogP contribution in [0.3, 0.4) is 0 Å². The van der Waals surface area contributed by atoms with Crippen LogP contribution < -0.4 is 20.9 Å². The molecular weight excluding hydrogens is 937 g/mol. The second-order valence-corrected chi connectivity index (χ2v) is 21.3. The SMILES string of the molecule is CS(=O)(=O)n1ccc(C(=O)NCC(=O)Nc2nc(-c3cccc(-c4ccnc(C5(C(=O)N6CCN(CC7CCN(c8ccc9c(c8)C(=O)N(C8CCC(=O)NC8=O)C9=O)CC7)CC6)CC5)c4)c3)cs2)c1. The van der Waals surface area contributed by atoms with Crippen molar-refractivity contribution in [3.63, 3.8) is 0 Å². The lowest BCUT2D eigenvalue weighted by atomic mass is 9.94. The molecule has 7 amide bonds. The van der Waals surface area contributed by atoms with Crippen LogP contribution >= 0.6 is 11.3 Å². The van der Waals surface area contributed by atoms with E-state index in [2.05, 4.69) is 30.7 Å². The van der Waals surface area contributed by atoms with Gasteiger partial charge < -0.3 is 20.4 Å². The number of amides is 7.